The number of nitrogens with one attached hydrogen (secondary N) is 1. The molecule has 0 saturated heterocycles. The molecular formula is C10H19N3S. The van der Waals surface area contributed by atoms with E-state index < -0.39 is 0 Å². The van der Waals surface area contributed by atoms with Crippen molar-refractivity contribution in [2.75, 3.05) is 0 Å². The molecule has 0 amide bonds. The maximum absolute atomic E-state index is 8.48. The highest BCUT2D eigenvalue weighted by atomic mass is 32.1. The van der Waals surface area contributed by atoms with Gasteiger partial charge in [0.15, 0.2) is 5.11 Å². The van der Waals surface area contributed by atoms with Crippen molar-refractivity contribution in [2.45, 2.75) is 51.5 Å². The summed E-state index contributed by atoms with van der Waals surface area (Å²) in [4.78, 5) is 0. The Morgan fingerprint density at radius 1 is 1.50 bits per heavy atom. The van der Waals surface area contributed by atoms with Gasteiger partial charge in [0.25, 0.3) is 0 Å². The summed E-state index contributed by atoms with van der Waals surface area (Å²) in [7, 11) is 0. The van der Waals surface area contributed by atoms with Crippen molar-refractivity contribution >= 4 is 17.3 Å². The summed E-state index contributed by atoms with van der Waals surface area (Å²) in [6.45, 7) is 2.17. The van der Waals surface area contributed by atoms with Gasteiger partial charge >= 0.3 is 0 Å². The molecule has 0 aliphatic rings. The van der Waals surface area contributed by atoms with Crippen LogP contribution in [0.5, 0.6) is 0 Å². The van der Waals surface area contributed by atoms with Crippen molar-refractivity contribution in [3.05, 3.63) is 0 Å². The van der Waals surface area contributed by atoms with Gasteiger partial charge < -0.3 is 11.1 Å². The van der Waals surface area contributed by atoms with E-state index in [-0.39, 0.29) is 6.04 Å². The number of nitriles is 1. The second-order valence-corrected chi connectivity index (χ2v) is 3.84. The standard InChI is InChI=1S/C10H19N3S/c1-2-3-4-6-9(7-5-8-11)13-10(12)14/h9H,2-7H2,1H3,(H3,12,13,14). The SMILES string of the molecule is CCCCCC(CCC#N)NC(N)=S. The van der Waals surface area contributed by atoms with Crippen LogP contribution >= 0.6 is 12.2 Å². The first kappa shape index (κ1) is 13.2. The molecule has 3 N–H and O–H groups in total. The van der Waals surface area contributed by atoms with Crippen LogP contribution in [0.4, 0.5) is 0 Å². The fraction of sp³-hybridized carbons (Fsp3) is 0.800. The van der Waals surface area contributed by atoms with Crippen molar-refractivity contribution in [3.63, 3.8) is 0 Å². The number of hydrogen-bond acceptors (Lipinski definition) is 2. The Labute approximate surface area is 91.7 Å². The van der Waals surface area contributed by atoms with Crippen molar-refractivity contribution in [1.82, 2.24) is 5.32 Å². The van der Waals surface area contributed by atoms with Crippen LogP contribution in [-0.2, 0) is 0 Å². The Balaban J connectivity index is 3.73. The van der Waals surface area contributed by atoms with Crippen LogP contribution < -0.4 is 11.1 Å². The molecular weight excluding hydrogens is 194 g/mol. The minimum atomic E-state index is 0.277. The molecule has 14 heavy (non-hydrogen) atoms. The van der Waals surface area contributed by atoms with Gasteiger partial charge in [-0.15, -0.1) is 0 Å². The van der Waals surface area contributed by atoms with Crippen LogP contribution in [0, 0.1) is 11.3 Å². The minimum Gasteiger partial charge on any atom is -0.376 e. The molecule has 0 aliphatic carbocycles. The Morgan fingerprint density at radius 2 is 2.21 bits per heavy atom. The fourth-order valence-corrected chi connectivity index (χ4v) is 1.54. The third-order valence-electron chi connectivity index (χ3n) is 2.11. The van der Waals surface area contributed by atoms with Crippen LogP contribution in [0.2, 0.25) is 0 Å². The molecule has 1 unspecified atom stereocenters. The van der Waals surface area contributed by atoms with E-state index in [0.717, 1.165) is 12.8 Å². The summed E-state index contributed by atoms with van der Waals surface area (Å²) in [6.07, 6.45) is 6.04. The molecule has 0 radical (unpaired) electrons. The van der Waals surface area contributed by atoms with E-state index >= 15 is 0 Å². The Morgan fingerprint density at radius 3 is 2.71 bits per heavy atom. The number of nitrogens with two attached hydrogens (primary N) is 1. The third kappa shape index (κ3) is 7.81. The van der Waals surface area contributed by atoms with Crippen LogP contribution in [-0.4, -0.2) is 11.2 Å². The molecule has 3 nitrogen and oxygen atoms in total. The van der Waals surface area contributed by atoms with E-state index in [0.29, 0.717) is 11.5 Å². The van der Waals surface area contributed by atoms with E-state index in [1.165, 1.54) is 19.3 Å². The number of hydrogen-bond donors (Lipinski definition) is 2. The zero-order chi connectivity index (χ0) is 10.8. The molecule has 0 aliphatic heterocycles. The van der Waals surface area contributed by atoms with Gasteiger partial charge in [-0.25, -0.2) is 0 Å². The lowest BCUT2D eigenvalue weighted by molar-refractivity contribution is 0.497. The molecule has 0 fully saturated rings. The highest BCUT2D eigenvalue weighted by molar-refractivity contribution is 7.80. The maximum Gasteiger partial charge on any atom is 0.163 e. The lowest BCUT2D eigenvalue weighted by Gasteiger charge is -2.17. The molecule has 80 valence electrons. The van der Waals surface area contributed by atoms with Gasteiger partial charge in [0.05, 0.1) is 6.07 Å². The van der Waals surface area contributed by atoms with Gasteiger partial charge in [0.1, 0.15) is 0 Å². The smallest absolute Gasteiger partial charge is 0.163 e. The quantitative estimate of drug-likeness (QED) is 0.502. The molecule has 0 heterocycles. The highest BCUT2D eigenvalue weighted by Crippen LogP contribution is 2.08. The van der Waals surface area contributed by atoms with E-state index in [1.54, 1.807) is 0 Å². The highest BCUT2D eigenvalue weighted by Gasteiger charge is 2.07. The second kappa shape index (κ2) is 8.76. The normalized spacial score (nSPS) is 11.7. The summed E-state index contributed by atoms with van der Waals surface area (Å²) in [6, 6.07) is 2.41. The molecule has 0 aromatic heterocycles. The maximum atomic E-state index is 8.48. The van der Waals surface area contributed by atoms with E-state index in [4.69, 9.17) is 23.2 Å². The number of nitrogens with zero attached hydrogens (tertiary/aromatic N) is 1. The zero-order valence-corrected chi connectivity index (χ0v) is 9.57. The summed E-state index contributed by atoms with van der Waals surface area (Å²) in [5, 5.41) is 11.8. The molecule has 4 heteroatoms. The largest absolute Gasteiger partial charge is 0.376 e. The lowest BCUT2D eigenvalue weighted by Crippen LogP contribution is -2.38. The van der Waals surface area contributed by atoms with Crippen LogP contribution in [0.15, 0.2) is 0 Å². The van der Waals surface area contributed by atoms with E-state index in [1.807, 2.05) is 0 Å². The molecule has 1 atom stereocenters. The molecule has 0 rings (SSSR count). The van der Waals surface area contributed by atoms with Gasteiger partial charge in [0.2, 0.25) is 0 Å². The Hall–Kier alpha value is -0.820. The van der Waals surface area contributed by atoms with Gasteiger partial charge in [-0.05, 0) is 25.1 Å². The minimum absolute atomic E-state index is 0.277. The lowest BCUT2D eigenvalue weighted by atomic mass is 10.0. The first-order chi connectivity index (χ1) is 6.70. The third-order valence-corrected chi connectivity index (χ3v) is 2.22. The van der Waals surface area contributed by atoms with Gasteiger partial charge in [0, 0.05) is 12.5 Å². The molecule has 0 aromatic rings. The molecule has 0 saturated carbocycles. The van der Waals surface area contributed by atoms with Crippen molar-refractivity contribution in [3.8, 4) is 6.07 Å². The Bertz CT molecular complexity index is 198. The molecule has 0 aromatic carbocycles. The number of rotatable bonds is 7. The van der Waals surface area contributed by atoms with Crippen molar-refractivity contribution in [1.29, 1.82) is 5.26 Å². The number of thiocarbonyl (C=S) groups is 1. The topological polar surface area (TPSA) is 61.8 Å². The van der Waals surface area contributed by atoms with Gasteiger partial charge in [-0.2, -0.15) is 5.26 Å². The average Bonchev–Trinajstić information content (AvgIpc) is 2.13. The first-order valence-corrected chi connectivity index (χ1v) is 5.54. The Kier molecular flexibility index (Phi) is 8.25. The first-order valence-electron chi connectivity index (χ1n) is 5.13. The second-order valence-electron chi connectivity index (χ2n) is 3.40. The summed E-state index contributed by atoms with van der Waals surface area (Å²) in [5.74, 6) is 0. The molecule has 0 spiro atoms. The van der Waals surface area contributed by atoms with Gasteiger partial charge in [-0.3, -0.25) is 0 Å². The van der Waals surface area contributed by atoms with Crippen molar-refractivity contribution < 1.29 is 0 Å². The van der Waals surface area contributed by atoms with Crippen LogP contribution in [0.1, 0.15) is 45.4 Å². The van der Waals surface area contributed by atoms with Crippen LogP contribution in [0.25, 0.3) is 0 Å². The van der Waals surface area contributed by atoms with E-state index in [9.17, 15) is 0 Å². The average molecular weight is 213 g/mol. The fourth-order valence-electron chi connectivity index (χ4n) is 1.37. The predicted octanol–water partition coefficient (Wildman–Crippen LogP) is 2.07. The molecule has 0 bridgehead atoms. The zero-order valence-electron chi connectivity index (χ0n) is 8.75. The predicted molar refractivity (Wildman–Crippen MR) is 62.7 cm³/mol. The monoisotopic (exact) mass is 213 g/mol. The summed E-state index contributed by atoms with van der Waals surface area (Å²) < 4.78 is 0. The van der Waals surface area contributed by atoms with Crippen LogP contribution in [0.3, 0.4) is 0 Å². The van der Waals surface area contributed by atoms with Crippen molar-refractivity contribution in [2.24, 2.45) is 5.73 Å². The summed E-state index contributed by atoms with van der Waals surface area (Å²) in [5.41, 5.74) is 5.41. The van der Waals surface area contributed by atoms with Gasteiger partial charge in [-0.1, -0.05) is 26.2 Å². The summed E-state index contributed by atoms with van der Waals surface area (Å²) >= 11 is 4.78. The van der Waals surface area contributed by atoms with E-state index in [2.05, 4.69) is 18.3 Å². The number of unbranched alkanes of at least 4 members (excludes halogenated alkanes) is 2.